The van der Waals surface area contributed by atoms with Gasteiger partial charge in [0.05, 0.1) is 40.3 Å². The Hall–Kier alpha value is -2.97. The van der Waals surface area contributed by atoms with Crippen molar-refractivity contribution in [2.24, 2.45) is 0 Å². The van der Waals surface area contributed by atoms with E-state index in [2.05, 4.69) is 62.5 Å². The third kappa shape index (κ3) is 34.5. The lowest BCUT2D eigenvalue weighted by Crippen LogP contribution is -2.55. The molecule has 0 heterocycles. The Bertz CT molecular complexity index is 1050. The first kappa shape index (κ1) is 50.0. The van der Waals surface area contributed by atoms with Crippen molar-refractivity contribution in [1.82, 2.24) is 0 Å². The zero-order valence-electron chi connectivity index (χ0n) is 34.4. The van der Waals surface area contributed by atoms with Gasteiger partial charge in [0.15, 0.2) is 6.10 Å². The molecule has 0 aromatic carbocycles. The maximum atomic E-state index is 12.7. The van der Waals surface area contributed by atoms with Crippen molar-refractivity contribution in [2.75, 3.05) is 41.0 Å². The zero-order chi connectivity index (χ0) is 39.3. The number of rotatable bonds is 36. The molecule has 0 aromatic heterocycles. The second-order valence-corrected chi connectivity index (χ2v) is 14.9. The van der Waals surface area contributed by atoms with Gasteiger partial charge in [-0.25, -0.2) is 0 Å². The first-order chi connectivity index (χ1) is 25.6. The second-order valence-electron chi connectivity index (χ2n) is 14.9. The van der Waals surface area contributed by atoms with Gasteiger partial charge in [-0.3, -0.25) is 9.59 Å². The molecule has 0 spiro atoms. The van der Waals surface area contributed by atoms with Gasteiger partial charge < -0.3 is 28.6 Å². The van der Waals surface area contributed by atoms with E-state index < -0.39 is 18.1 Å². The number of carboxylic acid groups (broad SMARTS) is 1. The molecule has 0 amide bonds. The number of quaternary nitrogens is 1. The summed E-state index contributed by atoms with van der Waals surface area (Å²) in [4.78, 5) is 36.7. The molecule has 0 saturated carbocycles. The monoisotopic (exact) mass is 744 g/mol. The topological polar surface area (TPSA) is 102 Å². The molecule has 53 heavy (non-hydrogen) atoms. The molecule has 0 radical (unpaired) electrons. The largest absolute Gasteiger partial charge is 0.544 e. The van der Waals surface area contributed by atoms with Crippen molar-refractivity contribution in [3.63, 3.8) is 0 Å². The SMILES string of the molecule is CC/C=C/C=C/C=C/CCCCCCCC(=O)OC(COCCC(C(=O)[O-])[N+](C)(C)C)COC(=O)CCCCC/C=C/C=C/CCCCCCCCC. The first-order valence-corrected chi connectivity index (χ1v) is 20.9. The van der Waals surface area contributed by atoms with Crippen LogP contribution in [-0.4, -0.2) is 75.5 Å². The van der Waals surface area contributed by atoms with Gasteiger partial charge in [0.2, 0.25) is 0 Å². The van der Waals surface area contributed by atoms with Crippen LogP contribution < -0.4 is 5.11 Å². The predicted octanol–water partition coefficient (Wildman–Crippen LogP) is 9.69. The Balaban J connectivity index is 4.46. The van der Waals surface area contributed by atoms with Gasteiger partial charge in [0, 0.05) is 19.3 Å². The smallest absolute Gasteiger partial charge is 0.306 e. The average Bonchev–Trinajstić information content (AvgIpc) is 3.11. The summed E-state index contributed by atoms with van der Waals surface area (Å²) >= 11 is 0. The Morgan fingerprint density at radius 2 is 1.06 bits per heavy atom. The van der Waals surface area contributed by atoms with Gasteiger partial charge >= 0.3 is 11.9 Å². The maximum Gasteiger partial charge on any atom is 0.306 e. The lowest BCUT2D eigenvalue weighted by atomic mass is 10.1. The van der Waals surface area contributed by atoms with Crippen molar-refractivity contribution in [3.8, 4) is 0 Å². The summed E-state index contributed by atoms with van der Waals surface area (Å²) in [5.41, 5.74) is 0. The Kier molecular flexibility index (Phi) is 34.0. The van der Waals surface area contributed by atoms with E-state index in [1.54, 1.807) is 21.1 Å². The number of unbranched alkanes of at least 4 members (excludes halogenated alkanes) is 15. The molecule has 304 valence electrons. The minimum Gasteiger partial charge on any atom is -0.544 e. The summed E-state index contributed by atoms with van der Waals surface area (Å²) < 4.78 is 17.1. The molecule has 8 heteroatoms. The lowest BCUT2D eigenvalue weighted by molar-refractivity contribution is -0.889. The van der Waals surface area contributed by atoms with E-state index in [9.17, 15) is 19.5 Å². The number of hydrogen-bond acceptors (Lipinski definition) is 7. The highest BCUT2D eigenvalue weighted by atomic mass is 16.6. The number of ether oxygens (including phenoxy) is 3. The van der Waals surface area contributed by atoms with E-state index in [1.165, 1.54) is 44.9 Å². The highest BCUT2D eigenvalue weighted by Gasteiger charge is 2.25. The Morgan fingerprint density at radius 1 is 0.585 bits per heavy atom. The molecule has 0 rings (SSSR count). The average molecular weight is 744 g/mol. The van der Waals surface area contributed by atoms with Gasteiger partial charge in [-0.1, -0.05) is 139 Å². The van der Waals surface area contributed by atoms with E-state index in [1.807, 2.05) is 12.2 Å². The lowest BCUT2D eigenvalue weighted by Gasteiger charge is -2.34. The fraction of sp³-hybridized carbons (Fsp3) is 0.711. The van der Waals surface area contributed by atoms with Crippen LogP contribution in [0.1, 0.15) is 155 Å². The summed E-state index contributed by atoms with van der Waals surface area (Å²) in [6, 6.07) is -0.735. The fourth-order valence-corrected chi connectivity index (χ4v) is 5.71. The van der Waals surface area contributed by atoms with Crippen molar-refractivity contribution in [1.29, 1.82) is 0 Å². The van der Waals surface area contributed by atoms with E-state index in [-0.39, 0.29) is 49.1 Å². The van der Waals surface area contributed by atoms with Crippen LogP contribution in [0.2, 0.25) is 0 Å². The molecule has 0 bridgehead atoms. The van der Waals surface area contributed by atoms with Crippen molar-refractivity contribution < 1.29 is 38.2 Å². The molecule has 0 fully saturated rings. The highest BCUT2D eigenvalue weighted by Crippen LogP contribution is 2.12. The molecule has 0 aromatic rings. The standard InChI is InChI=1S/C45H77NO7/c1-6-8-10-12-14-16-18-20-21-22-24-25-27-29-31-33-35-43(47)52-40-41(39-51-38-37-42(45(49)50)46(3,4)5)53-44(48)36-34-32-30-28-26-23-19-17-15-13-11-9-7-2/h9,11,13,15,17,19,21-22,24-25,41-42H,6-8,10,12,14,16,18,20,23,26-40H2,1-5H3/b11-9+,15-13+,19-17+,22-21+,25-24+. The molecule has 0 aliphatic heterocycles. The highest BCUT2D eigenvalue weighted by molar-refractivity contribution is 5.70. The molecule has 8 nitrogen and oxygen atoms in total. The minimum absolute atomic E-state index is 0.0212. The Labute approximate surface area is 324 Å². The summed E-state index contributed by atoms with van der Waals surface area (Å²) in [6.45, 7) is 4.45. The molecule has 0 saturated heterocycles. The van der Waals surface area contributed by atoms with Gasteiger partial charge in [0.1, 0.15) is 12.6 Å². The third-order valence-electron chi connectivity index (χ3n) is 8.98. The molecule has 0 N–H and O–H groups in total. The minimum atomic E-state index is -1.14. The number of allylic oxidation sites excluding steroid dienone is 10. The van der Waals surface area contributed by atoms with Crippen LogP contribution in [0.4, 0.5) is 0 Å². The van der Waals surface area contributed by atoms with Crippen molar-refractivity contribution >= 4 is 17.9 Å². The molecule has 2 atom stereocenters. The molecular formula is C45H77NO7. The van der Waals surface area contributed by atoms with Crippen LogP contribution in [0.3, 0.4) is 0 Å². The van der Waals surface area contributed by atoms with Crippen LogP contribution in [0, 0.1) is 0 Å². The summed E-state index contributed by atoms with van der Waals surface area (Å²) in [6.07, 6.45) is 42.5. The number of hydrogen-bond donors (Lipinski definition) is 0. The number of nitrogens with zero attached hydrogens (tertiary/aromatic N) is 1. The summed E-state index contributed by atoms with van der Waals surface area (Å²) in [5, 5.41) is 11.6. The van der Waals surface area contributed by atoms with E-state index in [0.717, 1.165) is 77.0 Å². The quantitative estimate of drug-likeness (QED) is 0.0273. The maximum absolute atomic E-state index is 12.7. The van der Waals surface area contributed by atoms with Crippen molar-refractivity contribution in [3.05, 3.63) is 60.8 Å². The number of aliphatic carboxylic acids is 1. The van der Waals surface area contributed by atoms with Gasteiger partial charge in [-0.05, 0) is 57.8 Å². The summed E-state index contributed by atoms with van der Waals surface area (Å²) in [5.74, 6) is -1.80. The van der Waals surface area contributed by atoms with Crippen LogP contribution >= 0.6 is 0 Å². The normalized spacial score (nSPS) is 13.6. The first-order valence-electron chi connectivity index (χ1n) is 20.9. The van der Waals surface area contributed by atoms with Crippen LogP contribution in [-0.2, 0) is 28.6 Å². The zero-order valence-corrected chi connectivity index (χ0v) is 34.4. The molecule has 0 aliphatic carbocycles. The fourth-order valence-electron chi connectivity index (χ4n) is 5.71. The number of likely N-dealkylation sites (N-methyl/N-ethyl adjacent to an activating group) is 1. The predicted molar refractivity (Wildman–Crippen MR) is 217 cm³/mol. The van der Waals surface area contributed by atoms with Gasteiger partial charge in [0.25, 0.3) is 0 Å². The van der Waals surface area contributed by atoms with Crippen LogP contribution in [0.25, 0.3) is 0 Å². The van der Waals surface area contributed by atoms with E-state index >= 15 is 0 Å². The molecule has 2 unspecified atom stereocenters. The van der Waals surface area contributed by atoms with Crippen LogP contribution in [0.15, 0.2) is 60.8 Å². The number of carbonyl (C=O) groups is 3. The van der Waals surface area contributed by atoms with E-state index in [0.29, 0.717) is 6.42 Å². The molecule has 0 aliphatic rings. The van der Waals surface area contributed by atoms with Crippen molar-refractivity contribution in [2.45, 2.75) is 167 Å². The third-order valence-corrected chi connectivity index (χ3v) is 8.98. The van der Waals surface area contributed by atoms with E-state index in [4.69, 9.17) is 14.2 Å². The van der Waals surface area contributed by atoms with Gasteiger partial charge in [-0.2, -0.15) is 0 Å². The van der Waals surface area contributed by atoms with Crippen LogP contribution in [0.5, 0.6) is 0 Å². The number of carboxylic acids is 1. The number of carbonyl (C=O) groups excluding carboxylic acids is 3. The Morgan fingerprint density at radius 3 is 1.58 bits per heavy atom. The summed E-state index contributed by atoms with van der Waals surface area (Å²) in [7, 11) is 5.38. The second kappa shape index (κ2) is 36.0. The van der Waals surface area contributed by atoms with Gasteiger partial charge in [-0.15, -0.1) is 0 Å². The number of esters is 2. The molecular weight excluding hydrogens is 666 g/mol.